The fourth-order valence-electron chi connectivity index (χ4n) is 1.46. The largest absolute Gasteiger partial charge is 0.330 e. The van der Waals surface area contributed by atoms with Crippen LogP contribution in [0.1, 0.15) is 25.8 Å². The third-order valence-corrected chi connectivity index (χ3v) is 2.77. The van der Waals surface area contributed by atoms with Gasteiger partial charge in [0, 0.05) is 22.7 Å². The molecule has 0 aliphatic heterocycles. The lowest BCUT2D eigenvalue weighted by Gasteiger charge is -2.26. The molecule has 0 aliphatic carbocycles. The van der Waals surface area contributed by atoms with Gasteiger partial charge in [0.25, 0.3) is 0 Å². The standard InChI is InChI=1S/C12H18ClFN2/c1-12(2,5-6-15)16-8-9-7-10(13)3-4-11(9)14/h3-4,7,16H,5-6,8,15H2,1-2H3. The van der Waals surface area contributed by atoms with Crippen LogP contribution in [0.15, 0.2) is 18.2 Å². The van der Waals surface area contributed by atoms with E-state index in [1.54, 1.807) is 12.1 Å². The fraction of sp³-hybridized carbons (Fsp3) is 0.500. The normalized spacial score (nSPS) is 11.8. The third kappa shape index (κ3) is 4.08. The molecule has 1 aromatic carbocycles. The summed E-state index contributed by atoms with van der Waals surface area (Å²) in [6.45, 7) is 5.15. The van der Waals surface area contributed by atoms with Crippen LogP contribution in [-0.4, -0.2) is 12.1 Å². The van der Waals surface area contributed by atoms with Crippen LogP contribution in [0.2, 0.25) is 5.02 Å². The molecule has 0 heterocycles. The minimum absolute atomic E-state index is 0.0937. The maximum atomic E-state index is 13.4. The molecule has 0 unspecified atom stereocenters. The minimum atomic E-state index is -0.236. The van der Waals surface area contributed by atoms with Gasteiger partial charge in [-0.25, -0.2) is 4.39 Å². The molecule has 0 amide bonds. The van der Waals surface area contributed by atoms with E-state index in [0.29, 0.717) is 23.7 Å². The van der Waals surface area contributed by atoms with E-state index >= 15 is 0 Å². The molecule has 0 aliphatic rings. The second kappa shape index (κ2) is 5.62. The molecule has 0 aromatic heterocycles. The van der Waals surface area contributed by atoms with Crippen molar-refractivity contribution in [2.75, 3.05) is 6.54 Å². The Labute approximate surface area is 101 Å². The zero-order valence-corrected chi connectivity index (χ0v) is 10.4. The van der Waals surface area contributed by atoms with Crippen LogP contribution >= 0.6 is 11.6 Å². The van der Waals surface area contributed by atoms with Crippen molar-refractivity contribution in [2.45, 2.75) is 32.4 Å². The van der Waals surface area contributed by atoms with Crippen molar-refractivity contribution >= 4 is 11.6 Å². The van der Waals surface area contributed by atoms with Crippen molar-refractivity contribution < 1.29 is 4.39 Å². The topological polar surface area (TPSA) is 38.0 Å². The number of halogens is 2. The summed E-state index contributed by atoms with van der Waals surface area (Å²) in [7, 11) is 0. The van der Waals surface area contributed by atoms with Gasteiger partial charge in [-0.1, -0.05) is 11.6 Å². The number of nitrogens with one attached hydrogen (secondary N) is 1. The molecule has 0 bridgehead atoms. The summed E-state index contributed by atoms with van der Waals surface area (Å²) in [5.41, 5.74) is 5.99. The summed E-state index contributed by atoms with van der Waals surface area (Å²) in [6.07, 6.45) is 0.842. The second-order valence-electron chi connectivity index (χ2n) is 4.51. The highest BCUT2D eigenvalue weighted by molar-refractivity contribution is 6.30. The molecular formula is C12H18ClFN2. The Balaban J connectivity index is 2.63. The number of nitrogens with two attached hydrogens (primary N) is 1. The van der Waals surface area contributed by atoms with E-state index in [1.165, 1.54) is 6.07 Å². The Bertz CT molecular complexity index is 353. The van der Waals surface area contributed by atoms with E-state index in [2.05, 4.69) is 5.32 Å². The monoisotopic (exact) mass is 244 g/mol. The Morgan fingerprint density at radius 1 is 1.44 bits per heavy atom. The van der Waals surface area contributed by atoms with Crippen molar-refractivity contribution in [3.8, 4) is 0 Å². The Morgan fingerprint density at radius 3 is 2.75 bits per heavy atom. The molecule has 90 valence electrons. The molecule has 0 atom stereocenters. The van der Waals surface area contributed by atoms with Gasteiger partial charge in [0.2, 0.25) is 0 Å². The maximum absolute atomic E-state index is 13.4. The van der Waals surface area contributed by atoms with Crippen LogP contribution in [0.3, 0.4) is 0 Å². The fourth-order valence-corrected chi connectivity index (χ4v) is 1.66. The molecular weight excluding hydrogens is 227 g/mol. The number of hydrogen-bond acceptors (Lipinski definition) is 2. The predicted molar refractivity (Wildman–Crippen MR) is 66.0 cm³/mol. The SMILES string of the molecule is CC(C)(CCN)NCc1cc(Cl)ccc1F. The molecule has 4 heteroatoms. The van der Waals surface area contributed by atoms with Crippen molar-refractivity contribution in [1.29, 1.82) is 0 Å². The summed E-state index contributed by atoms with van der Waals surface area (Å²) in [6, 6.07) is 4.57. The summed E-state index contributed by atoms with van der Waals surface area (Å²) < 4.78 is 13.4. The van der Waals surface area contributed by atoms with Crippen molar-refractivity contribution in [3.63, 3.8) is 0 Å². The molecule has 0 radical (unpaired) electrons. The highest BCUT2D eigenvalue weighted by Gasteiger charge is 2.16. The maximum Gasteiger partial charge on any atom is 0.127 e. The van der Waals surface area contributed by atoms with Crippen molar-refractivity contribution in [1.82, 2.24) is 5.32 Å². The highest BCUT2D eigenvalue weighted by Crippen LogP contribution is 2.16. The Morgan fingerprint density at radius 2 is 2.12 bits per heavy atom. The van der Waals surface area contributed by atoms with E-state index in [-0.39, 0.29) is 11.4 Å². The van der Waals surface area contributed by atoms with E-state index < -0.39 is 0 Å². The second-order valence-corrected chi connectivity index (χ2v) is 4.95. The summed E-state index contributed by atoms with van der Waals surface area (Å²) in [5, 5.41) is 3.82. The molecule has 2 nitrogen and oxygen atoms in total. The lowest BCUT2D eigenvalue weighted by molar-refractivity contribution is 0.362. The average Bonchev–Trinajstić information content (AvgIpc) is 2.19. The number of rotatable bonds is 5. The summed E-state index contributed by atoms with van der Waals surface area (Å²) in [4.78, 5) is 0. The zero-order chi connectivity index (χ0) is 12.2. The van der Waals surface area contributed by atoms with Crippen LogP contribution in [0, 0.1) is 5.82 Å². The van der Waals surface area contributed by atoms with Crippen LogP contribution in [0.4, 0.5) is 4.39 Å². The van der Waals surface area contributed by atoms with Crippen molar-refractivity contribution in [3.05, 3.63) is 34.6 Å². The Hall–Kier alpha value is -0.640. The molecule has 0 fully saturated rings. The van der Waals surface area contributed by atoms with Gasteiger partial charge in [-0.3, -0.25) is 0 Å². The van der Waals surface area contributed by atoms with E-state index in [4.69, 9.17) is 17.3 Å². The first-order valence-electron chi connectivity index (χ1n) is 5.33. The van der Waals surface area contributed by atoms with Crippen LogP contribution in [0.25, 0.3) is 0 Å². The number of hydrogen-bond donors (Lipinski definition) is 2. The van der Waals surface area contributed by atoms with Gasteiger partial charge >= 0.3 is 0 Å². The van der Waals surface area contributed by atoms with Gasteiger partial charge in [0.1, 0.15) is 5.82 Å². The highest BCUT2D eigenvalue weighted by atomic mass is 35.5. The minimum Gasteiger partial charge on any atom is -0.330 e. The number of benzene rings is 1. The lowest BCUT2D eigenvalue weighted by atomic mass is 10.0. The van der Waals surface area contributed by atoms with E-state index in [0.717, 1.165) is 6.42 Å². The van der Waals surface area contributed by atoms with Crippen molar-refractivity contribution in [2.24, 2.45) is 5.73 Å². The van der Waals surface area contributed by atoms with Gasteiger partial charge < -0.3 is 11.1 Å². The molecule has 0 saturated heterocycles. The first-order chi connectivity index (χ1) is 7.44. The molecule has 1 rings (SSSR count). The molecule has 0 spiro atoms. The molecule has 3 N–H and O–H groups in total. The van der Waals surface area contributed by atoms with E-state index in [1.807, 2.05) is 13.8 Å². The molecule has 16 heavy (non-hydrogen) atoms. The summed E-state index contributed by atoms with van der Waals surface area (Å²) in [5.74, 6) is -0.236. The molecule has 0 saturated carbocycles. The quantitative estimate of drug-likeness (QED) is 0.836. The van der Waals surface area contributed by atoms with Crippen LogP contribution < -0.4 is 11.1 Å². The molecule has 1 aromatic rings. The van der Waals surface area contributed by atoms with Gasteiger partial charge in [-0.15, -0.1) is 0 Å². The Kier molecular flexibility index (Phi) is 4.71. The van der Waals surface area contributed by atoms with E-state index in [9.17, 15) is 4.39 Å². The summed E-state index contributed by atoms with van der Waals surface area (Å²) >= 11 is 5.81. The van der Waals surface area contributed by atoms with Gasteiger partial charge in [0.05, 0.1) is 0 Å². The smallest absolute Gasteiger partial charge is 0.127 e. The predicted octanol–water partition coefficient (Wildman–Crippen LogP) is 2.70. The first-order valence-corrected chi connectivity index (χ1v) is 5.71. The third-order valence-electron chi connectivity index (χ3n) is 2.53. The lowest BCUT2D eigenvalue weighted by Crippen LogP contribution is -2.40. The van der Waals surface area contributed by atoms with Gasteiger partial charge in [-0.05, 0) is 45.0 Å². The van der Waals surface area contributed by atoms with Crippen LogP contribution in [-0.2, 0) is 6.54 Å². The van der Waals surface area contributed by atoms with Crippen LogP contribution in [0.5, 0.6) is 0 Å². The average molecular weight is 245 g/mol. The first kappa shape index (κ1) is 13.4. The zero-order valence-electron chi connectivity index (χ0n) is 9.69. The van der Waals surface area contributed by atoms with Gasteiger partial charge in [0.15, 0.2) is 0 Å². The van der Waals surface area contributed by atoms with Gasteiger partial charge in [-0.2, -0.15) is 0 Å².